The Kier molecular flexibility index (Phi) is 4.00. The maximum absolute atomic E-state index is 12.4. The number of aromatic nitrogens is 4. The number of imidazole rings is 1. The van der Waals surface area contributed by atoms with E-state index in [0.29, 0.717) is 34.2 Å². The van der Waals surface area contributed by atoms with Gasteiger partial charge in [0, 0.05) is 5.56 Å². The van der Waals surface area contributed by atoms with Crippen molar-refractivity contribution in [3.8, 4) is 34.2 Å². The molecule has 2 heterocycles. The number of phenols is 1. The van der Waals surface area contributed by atoms with Crippen LogP contribution in [0, 0.1) is 0 Å². The highest BCUT2D eigenvalue weighted by atomic mass is 16.5. The highest BCUT2D eigenvalue weighted by molar-refractivity contribution is 5.73. The van der Waals surface area contributed by atoms with Crippen molar-refractivity contribution in [1.82, 2.24) is 19.5 Å². The van der Waals surface area contributed by atoms with Crippen LogP contribution in [0.4, 0.5) is 0 Å². The molecule has 8 heteroatoms. The number of methoxy groups -OCH3 is 2. The van der Waals surface area contributed by atoms with E-state index in [4.69, 9.17) is 9.47 Å². The first-order chi connectivity index (χ1) is 13.1. The van der Waals surface area contributed by atoms with Gasteiger partial charge in [-0.05, 0) is 42.5 Å². The fourth-order valence-corrected chi connectivity index (χ4v) is 2.85. The molecular formula is C19H16N4O4. The topological polar surface area (TPSA) is 102 Å². The van der Waals surface area contributed by atoms with Crippen molar-refractivity contribution in [3.63, 3.8) is 0 Å². The molecule has 27 heavy (non-hydrogen) atoms. The monoisotopic (exact) mass is 364 g/mol. The maximum atomic E-state index is 12.4. The third-order valence-electron chi connectivity index (χ3n) is 4.18. The Bertz CT molecular complexity index is 1180. The Morgan fingerprint density at radius 2 is 1.78 bits per heavy atom. The molecule has 0 atom stereocenters. The van der Waals surface area contributed by atoms with Gasteiger partial charge in [-0.3, -0.25) is 4.98 Å². The summed E-state index contributed by atoms with van der Waals surface area (Å²) in [6.07, 6.45) is 1.58. The number of fused-ring (bicyclic) bond motifs is 1. The van der Waals surface area contributed by atoms with Gasteiger partial charge in [0.25, 0.3) is 0 Å². The highest BCUT2D eigenvalue weighted by Gasteiger charge is 2.14. The summed E-state index contributed by atoms with van der Waals surface area (Å²) < 4.78 is 12.0. The second kappa shape index (κ2) is 6.49. The van der Waals surface area contributed by atoms with Gasteiger partial charge in [-0.2, -0.15) is 0 Å². The number of hydrogen-bond acceptors (Lipinski definition) is 6. The van der Waals surface area contributed by atoms with Crippen LogP contribution < -0.4 is 15.2 Å². The Morgan fingerprint density at radius 3 is 2.48 bits per heavy atom. The van der Waals surface area contributed by atoms with Crippen molar-refractivity contribution >= 4 is 11.3 Å². The van der Waals surface area contributed by atoms with Gasteiger partial charge >= 0.3 is 5.69 Å². The SMILES string of the molecule is COc1ccc(-c2cnc3[nH]c(=O)n(-c4ccc(O)cc4)c3n2)cc1OC. The van der Waals surface area contributed by atoms with Gasteiger partial charge in [0.15, 0.2) is 22.8 Å². The third kappa shape index (κ3) is 2.86. The summed E-state index contributed by atoms with van der Waals surface area (Å²) in [7, 11) is 3.13. The van der Waals surface area contributed by atoms with Crippen LogP contribution in [-0.4, -0.2) is 38.8 Å². The molecule has 0 aliphatic heterocycles. The van der Waals surface area contributed by atoms with E-state index >= 15 is 0 Å². The number of nitrogens with zero attached hydrogens (tertiary/aromatic N) is 3. The molecule has 0 radical (unpaired) electrons. The van der Waals surface area contributed by atoms with Crippen LogP contribution in [0.15, 0.2) is 53.5 Å². The number of aromatic hydroxyl groups is 1. The minimum absolute atomic E-state index is 0.115. The zero-order valence-corrected chi connectivity index (χ0v) is 14.6. The average molecular weight is 364 g/mol. The van der Waals surface area contributed by atoms with Gasteiger partial charge < -0.3 is 14.6 Å². The summed E-state index contributed by atoms with van der Waals surface area (Å²) in [5, 5.41) is 9.48. The molecule has 2 N–H and O–H groups in total. The van der Waals surface area contributed by atoms with Crippen molar-refractivity contribution in [3.05, 3.63) is 59.1 Å². The highest BCUT2D eigenvalue weighted by Crippen LogP contribution is 2.31. The van der Waals surface area contributed by atoms with Crippen LogP contribution in [0.2, 0.25) is 0 Å². The fourth-order valence-electron chi connectivity index (χ4n) is 2.85. The molecule has 8 nitrogen and oxygen atoms in total. The smallest absolute Gasteiger partial charge is 0.333 e. The summed E-state index contributed by atoms with van der Waals surface area (Å²) in [6, 6.07) is 11.7. The van der Waals surface area contributed by atoms with E-state index in [9.17, 15) is 9.90 Å². The first-order valence-electron chi connectivity index (χ1n) is 8.10. The Balaban J connectivity index is 1.88. The number of hydrogen-bond donors (Lipinski definition) is 2. The first kappa shape index (κ1) is 16.6. The molecule has 2 aromatic heterocycles. The molecule has 0 unspecified atom stereocenters. The zero-order chi connectivity index (χ0) is 19.0. The van der Waals surface area contributed by atoms with Crippen LogP contribution in [0.5, 0.6) is 17.2 Å². The van der Waals surface area contributed by atoms with E-state index in [0.717, 1.165) is 5.56 Å². The molecule has 0 aliphatic carbocycles. The minimum atomic E-state index is -0.361. The standard InChI is InChI=1S/C19H16N4O4/c1-26-15-8-3-11(9-16(15)27-2)14-10-20-17-18(21-14)23(19(25)22-17)12-4-6-13(24)7-5-12/h3-10,24H,1-2H3,(H,20,22,25). The van der Waals surface area contributed by atoms with E-state index in [1.807, 2.05) is 6.07 Å². The van der Waals surface area contributed by atoms with E-state index in [1.54, 1.807) is 44.7 Å². The lowest BCUT2D eigenvalue weighted by Gasteiger charge is -2.09. The van der Waals surface area contributed by atoms with Crippen LogP contribution in [0.25, 0.3) is 28.2 Å². The molecule has 0 saturated heterocycles. The van der Waals surface area contributed by atoms with Crippen LogP contribution in [0.1, 0.15) is 0 Å². The zero-order valence-electron chi connectivity index (χ0n) is 14.6. The largest absolute Gasteiger partial charge is 0.508 e. The van der Waals surface area contributed by atoms with Gasteiger partial charge in [-0.15, -0.1) is 0 Å². The summed E-state index contributed by atoms with van der Waals surface area (Å²) >= 11 is 0. The Labute approximate surface area is 153 Å². The number of rotatable bonds is 4. The van der Waals surface area contributed by atoms with E-state index < -0.39 is 0 Å². The van der Waals surface area contributed by atoms with E-state index in [-0.39, 0.29) is 11.4 Å². The molecule has 0 amide bonds. The molecule has 0 spiro atoms. The molecule has 0 aliphatic rings. The molecule has 4 aromatic rings. The van der Waals surface area contributed by atoms with Crippen molar-refractivity contribution in [2.24, 2.45) is 0 Å². The number of phenolic OH excluding ortho intramolecular Hbond substituents is 1. The lowest BCUT2D eigenvalue weighted by molar-refractivity contribution is 0.355. The van der Waals surface area contributed by atoms with E-state index in [2.05, 4.69) is 15.0 Å². The normalized spacial score (nSPS) is 10.9. The molecular weight excluding hydrogens is 348 g/mol. The van der Waals surface area contributed by atoms with Crippen LogP contribution in [-0.2, 0) is 0 Å². The number of ether oxygens (including phenoxy) is 2. The predicted octanol–water partition coefficient (Wildman–Crippen LogP) is 2.50. The van der Waals surface area contributed by atoms with Gasteiger partial charge in [0.1, 0.15) is 5.75 Å². The Morgan fingerprint density at radius 1 is 1.04 bits per heavy atom. The molecule has 0 saturated carbocycles. The molecule has 136 valence electrons. The lowest BCUT2D eigenvalue weighted by atomic mass is 10.1. The van der Waals surface area contributed by atoms with Gasteiger partial charge in [0.05, 0.1) is 31.8 Å². The summed E-state index contributed by atoms with van der Waals surface area (Å²) in [5.41, 5.74) is 2.32. The van der Waals surface area contributed by atoms with Crippen molar-refractivity contribution in [2.45, 2.75) is 0 Å². The van der Waals surface area contributed by atoms with Crippen molar-refractivity contribution in [2.75, 3.05) is 14.2 Å². The molecule has 4 rings (SSSR count). The molecule has 0 fully saturated rings. The summed E-state index contributed by atoms with van der Waals surface area (Å²) in [4.78, 5) is 24.0. The predicted molar refractivity (Wildman–Crippen MR) is 99.7 cm³/mol. The number of benzene rings is 2. The van der Waals surface area contributed by atoms with Crippen molar-refractivity contribution < 1.29 is 14.6 Å². The third-order valence-corrected chi connectivity index (χ3v) is 4.18. The average Bonchev–Trinajstić information content (AvgIpc) is 3.03. The van der Waals surface area contributed by atoms with Gasteiger partial charge in [-0.1, -0.05) is 0 Å². The first-order valence-corrected chi connectivity index (χ1v) is 8.10. The Hall–Kier alpha value is -3.81. The lowest BCUT2D eigenvalue weighted by Crippen LogP contribution is -2.14. The fraction of sp³-hybridized carbons (Fsp3) is 0.105. The number of H-pyrrole nitrogens is 1. The number of aromatic amines is 1. The van der Waals surface area contributed by atoms with Crippen LogP contribution in [0.3, 0.4) is 0 Å². The maximum Gasteiger partial charge on any atom is 0.333 e. The molecule has 2 aromatic carbocycles. The van der Waals surface area contributed by atoms with Gasteiger partial charge in [0.2, 0.25) is 0 Å². The second-order valence-corrected chi connectivity index (χ2v) is 5.78. The second-order valence-electron chi connectivity index (χ2n) is 5.78. The van der Waals surface area contributed by atoms with Crippen molar-refractivity contribution in [1.29, 1.82) is 0 Å². The summed E-state index contributed by atoms with van der Waals surface area (Å²) in [5.74, 6) is 1.29. The summed E-state index contributed by atoms with van der Waals surface area (Å²) in [6.45, 7) is 0. The quantitative estimate of drug-likeness (QED) is 0.577. The minimum Gasteiger partial charge on any atom is -0.508 e. The van der Waals surface area contributed by atoms with Crippen LogP contribution >= 0.6 is 0 Å². The van der Waals surface area contributed by atoms with Gasteiger partial charge in [-0.25, -0.2) is 19.3 Å². The number of nitrogens with one attached hydrogen (secondary N) is 1. The molecule has 0 bridgehead atoms. The van der Waals surface area contributed by atoms with E-state index in [1.165, 1.54) is 16.7 Å².